The van der Waals surface area contributed by atoms with Crippen LogP contribution >= 0.6 is 11.6 Å². The fraction of sp³-hybridized carbons (Fsp3) is 0.500. The third-order valence-electron chi connectivity index (χ3n) is 5.69. The van der Waals surface area contributed by atoms with Gasteiger partial charge < -0.3 is 9.64 Å². The largest absolute Gasteiger partial charge is 0.472 e. The number of anilines is 1. The van der Waals surface area contributed by atoms with Crippen LogP contribution in [0.2, 0.25) is 5.02 Å². The molecular weight excluding hydrogens is 378 g/mol. The highest BCUT2D eigenvalue weighted by Crippen LogP contribution is 2.36. The first-order valence-corrected chi connectivity index (χ1v) is 10.0. The number of H-pyrrole nitrogens is 1. The van der Waals surface area contributed by atoms with Crippen molar-refractivity contribution in [2.75, 3.05) is 18.0 Å². The van der Waals surface area contributed by atoms with Gasteiger partial charge in [-0.3, -0.25) is 4.79 Å². The first-order valence-electron chi connectivity index (χ1n) is 9.64. The zero-order valence-electron chi connectivity index (χ0n) is 15.5. The number of hydrogen-bond donors (Lipinski definition) is 1. The molecule has 0 bridgehead atoms. The minimum atomic E-state index is -0.385. The molecule has 0 amide bonds. The summed E-state index contributed by atoms with van der Waals surface area (Å²) in [6, 6.07) is 6.46. The van der Waals surface area contributed by atoms with Gasteiger partial charge in [0.15, 0.2) is 0 Å². The maximum atomic E-state index is 11.7. The molecule has 1 atom stereocenters. The Morgan fingerprint density at radius 3 is 2.89 bits per heavy atom. The molecule has 0 aromatic carbocycles. The van der Waals surface area contributed by atoms with Crippen LogP contribution < -0.4 is 15.2 Å². The summed E-state index contributed by atoms with van der Waals surface area (Å²) in [5.74, 6) is 1.29. The molecule has 8 heteroatoms. The predicted octanol–water partition coefficient (Wildman–Crippen LogP) is 3.27. The van der Waals surface area contributed by atoms with Crippen LogP contribution in [0.15, 0.2) is 29.3 Å². The van der Waals surface area contributed by atoms with Crippen LogP contribution in [0.5, 0.6) is 5.88 Å². The number of nitrogens with zero attached hydrogens (tertiary/aromatic N) is 4. The van der Waals surface area contributed by atoms with E-state index < -0.39 is 0 Å². The number of hydrogen-bond acceptors (Lipinski definition) is 6. The summed E-state index contributed by atoms with van der Waals surface area (Å²) >= 11 is 6.11. The van der Waals surface area contributed by atoms with Crippen molar-refractivity contribution in [1.82, 2.24) is 15.2 Å². The summed E-state index contributed by atoms with van der Waals surface area (Å²) in [5.41, 5.74) is 1.48. The van der Waals surface area contributed by atoms with Gasteiger partial charge in [0.1, 0.15) is 11.1 Å². The average Bonchev–Trinajstić information content (AvgIpc) is 3.18. The first-order chi connectivity index (χ1) is 13.6. The van der Waals surface area contributed by atoms with Crippen molar-refractivity contribution in [1.29, 1.82) is 5.26 Å². The molecule has 1 saturated heterocycles. The first kappa shape index (κ1) is 18.8. The summed E-state index contributed by atoms with van der Waals surface area (Å²) in [6.45, 7) is 1.37. The number of nitriles is 1. The van der Waals surface area contributed by atoms with E-state index in [0.29, 0.717) is 24.0 Å². The van der Waals surface area contributed by atoms with E-state index >= 15 is 0 Å². The number of aromatic amines is 1. The molecular formula is C20H22ClN5O2. The van der Waals surface area contributed by atoms with Crippen molar-refractivity contribution >= 4 is 17.3 Å². The van der Waals surface area contributed by atoms with Crippen LogP contribution in [0.25, 0.3) is 0 Å². The Kier molecular flexibility index (Phi) is 5.49. The molecule has 2 fully saturated rings. The lowest BCUT2D eigenvalue weighted by molar-refractivity contribution is 0.215. The van der Waals surface area contributed by atoms with Gasteiger partial charge in [-0.25, -0.2) is 10.1 Å². The van der Waals surface area contributed by atoms with Crippen molar-refractivity contribution in [3.05, 3.63) is 45.5 Å². The molecule has 0 radical (unpaired) electrons. The summed E-state index contributed by atoms with van der Waals surface area (Å²) < 4.78 is 6.12. The van der Waals surface area contributed by atoms with Crippen LogP contribution in [0.4, 0.5) is 5.69 Å². The molecule has 0 spiro atoms. The molecule has 4 rings (SSSR count). The third-order valence-corrected chi connectivity index (χ3v) is 6.06. The third kappa shape index (κ3) is 3.97. The molecule has 1 aliphatic carbocycles. The van der Waals surface area contributed by atoms with Crippen LogP contribution in [-0.4, -0.2) is 34.4 Å². The zero-order chi connectivity index (χ0) is 19.5. The average molecular weight is 400 g/mol. The Hall–Kier alpha value is -2.59. The van der Waals surface area contributed by atoms with Crippen molar-refractivity contribution < 1.29 is 4.74 Å². The Labute approximate surface area is 168 Å². The fourth-order valence-corrected chi connectivity index (χ4v) is 4.32. The van der Waals surface area contributed by atoms with Gasteiger partial charge in [0.05, 0.1) is 24.5 Å². The Balaban J connectivity index is 1.40. The minimum absolute atomic E-state index is 0.0209. The molecule has 2 aromatic heterocycles. The summed E-state index contributed by atoms with van der Waals surface area (Å²) in [6.07, 6.45) is 8.16. The highest BCUT2D eigenvalue weighted by Gasteiger charge is 2.27. The van der Waals surface area contributed by atoms with Crippen molar-refractivity contribution in [3.8, 4) is 11.9 Å². The predicted molar refractivity (Wildman–Crippen MR) is 106 cm³/mol. The van der Waals surface area contributed by atoms with Gasteiger partial charge in [-0.2, -0.15) is 10.4 Å². The monoisotopic (exact) mass is 399 g/mol. The quantitative estimate of drug-likeness (QED) is 0.847. The Morgan fingerprint density at radius 2 is 2.11 bits per heavy atom. The van der Waals surface area contributed by atoms with Crippen molar-refractivity contribution in [3.63, 3.8) is 0 Å². The van der Waals surface area contributed by atoms with E-state index in [1.807, 2.05) is 17.0 Å². The smallest absolute Gasteiger partial charge is 0.285 e. The van der Waals surface area contributed by atoms with E-state index in [-0.39, 0.29) is 22.6 Å². The standard InChI is InChI=1S/C20H22ClN5O2/c21-19-17(11-24-25-20(19)27)26-8-6-16(12-26)28-18-9-15(5-7-23-18)14-3-1-13(10-22)2-4-14/h5,7,9,11,13-14,16H,1-4,6,8,12H2,(H,25,27)/t13?,14?,16-/m1/s1. The van der Waals surface area contributed by atoms with Crippen molar-refractivity contribution in [2.24, 2.45) is 5.92 Å². The SMILES string of the molecule is N#CC1CCC(c2ccnc(O[C@@H]3CCN(c4cn[nH]c(=O)c4Cl)C3)c2)CC1. The summed E-state index contributed by atoms with van der Waals surface area (Å²) in [7, 11) is 0. The Bertz CT molecular complexity index is 933. The van der Waals surface area contributed by atoms with Crippen LogP contribution in [0.1, 0.15) is 43.6 Å². The number of rotatable bonds is 4. The zero-order valence-corrected chi connectivity index (χ0v) is 16.2. The molecule has 0 unspecified atom stereocenters. The van der Waals surface area contributed by atoms with Gasteiger partial charge in [0.25, 0.3) is 5.56 Å². The van der Waals surface area contributed by atoms with Gasteiger partial charge in [0, 0.05) is 31.1 Å². The van der Waals surface area contributed by atoms with Gasteiger partial charge in [-0.05, 0) is 43.2 Å². The molecule has 1 saturated carbocycles. The summed E-state index contributed by atoms with van der Waals surface area (Å²) in [5, 5.41) is 15.4. The highest BCUT2D eigenvalue weighted by molar-refractivity contribution is 6.33. The fourth-order valence-electron chi connectivity index (χ4n) is 4.11. The van der Waals surface area contributed by atoms with Gasteiger partial charge >= 0.3 is 0 Å². The molecule has 7 nitrogen and oxygen atoms in total. The summed E-state index contributed by atoms with van der Waals surface area (Å²) in [4.78, 5) is 18.0. The second-order valence-electron chi connectivity index (χ2n) is 7.48. The van der Waals surface area contributed by atoms with E-state index in [9.17, 15) is 4.79 Å². The second-order valence-corrected chi connectivity index (χ2v) is 7.86. The second kappa shape index (κ2) is 8.19. The molecule has 1 aliphatic heterocycles. The van der Waals surface area contributed by atoms with E-state index in [1.165, 1.54) is 5.56 Å². The molecule has 28 heavy (non-hydrogen) atoms. The van der Waals surface area contributed by atoms with E-state index in [1.54, 1.807) is 12.4 Å². The molecule has 2 aromatic rings. The lowest BCUT2D eigenvalue weighted by Crippen LogP contribution is -2.26. The topological polar surface area (TPSA) is 94.9 Å². The van der Waals surface area contributed by atoms with Crippen molar-refractivity contribution in [2.45, 2.75) is 44.1 Å². The molecule has 2 aliphatic rings. The number of pyridine rings is 1. The lowest BCUT2D eigenvalue weighted by Gasteiger charge is -2.25. The minimum Gasteiger partial charge on any atom is -0.472 e. The number of ether oxygens (including phenoxy) is 1. The van der Waals surface area contributed by atoms with E-state index in [0.717, 1.165) is 38.6 Å². The number of nitrogens with one attached hydrogen (secondary N) is 1. The van der Waals surface area contributed by atoms with Gasteiger partial charge in [-0.15, -0.1) is 0 Å². The van der Waals surface area contributed by atoms with E-state index in [4.69, 9.17) is 21.6 Å². The van der Waals surface area contributed by atoms with E-state index in [2.05, 4.69) is 21.3 Å². The molecule has 146 valence electrons. The normalized spacial score (nSPS) is 24.7. The molecule has 3 heterocycles. The lowest BCUT2D eigenvalue weighted by atomic mass is 9.79. The van der Waals surface area contributed by atoms with Crippen LogP contribution in [0, 0.1) is 17.2 Å². The maximum absolute atomic E-state index is 11.7. The van der Waals surface area contributed by atoms with Crippen LogP contribution in [0.3, 0.4) is 0 Å². The van der Waals surface area contributed by atoms with Gasteiger partial charge in [0.2, 0.25) is 5.88 Å². The Morgan fingerprint density at radius 1 is 1.29 bits per heavy atom. The number of aromatic nitrogens is 3. The maximum Gasteiger partial charge on any atom is 0.285 e. The van der Waals surface area contributed by atoms with Crippen LogP contribution in [-0.2, 0) is 0 Å². The molecule has 1 N–H and O–H groups in total. The number of halogens is 1. The van der Waals surface area contributed by atoms with Gasteiger partial charge in [-0.1, -0.05) is 11.6 Å². The highest BCUT2D eigenvalue weighted by atomic mass is 35.5.